The number of carbonyl (C=O) groups is 2. The number of rotatable bonds is 4. The summed E-state index contributed by atoms with van der Waals surface area (Å²) < 4.78 is 0. The monoisotopic (exact) mass is 329 g/mol. The molecule has 3 aliphatic rings. The van der Waals surface area contributed by atoms with Crippen molar-refractivity contribution in [2.24, 2.45) is 17.8 Å². The summed E-state index contributed by atoms with van der Waals surface area (Å²) >= 11 is 0. The molecule has 24 heavy (non-hydrogen) atoms. The number of hydrogen-bond acceptors (Lipinski definition) is 3. The summed E-state index contributed by atoms with van der Waals surface area (Å²) in [4.78, 5) is 25.4. The zero-order valence-electron chi connectivity index (χ0n) is 13.6. The minimum absolute atomic E-state index is 0.0757. The molecule has 6 heteroatoms. The van der Waals surface area contributed by atoms with Crippen molar-refractivity contribution in [3.05, 3.63) is 24.3 Å². The van der Waals surface area contributed by atoms with Gasteiger partial charge in [-0.15, -0.1) is 0 Å². The smallest absolute Gasteiger partial charge is 0.319 e. The summed E-state index contributed by atoms with van der Waals surface area (Å²) in [5.41, 5.74) is 1.57. The van der Waals surface area contributed by atoms with E-state index in [1.54, 1.807) is 4.90 Å². The largest absolute Gasteiger partial charge is 0.396 e. The van der Waals surface area contributed by atoms with E-state index in [0.717, 1.165) is 25.1 Å². The van der Waals surface area contributed by atoms with Crippen LogP contribution in [-0.2, 0) is 4.79 Å². The van der Waals surface area contributed by atoms with E-state index in [-0.39, 0.29) is 30.5 Å². The molecule has 6 nitrogen and oxygen atoms in total. The maximum Gasteiger partial charge on any atom is 0.319 e. The Kier molecular flexibility index (Phi) is 3.92. The first-order valence-corrected chi connectivity index (χ1v) is 8.74. The average Bonchev–Trinajstić information content (AvgIpc) is 3.16. The van der Waals surface area contributed by atoms with Crippen LogP contribution >= 0.6 is 0 Å². The molecule has 4 rings (SSSR count). The molecule has 2 aliphatic carbocycles. The maximum absolute atomic E-state index is 12.3. The summed E-state index contributed by atoms with van der Waals surface area (Å²) in [5.74, 6) is 1.38. The van der Waals surface area contributed by atoms with Crippen LogP contribution in [0.25, 0.3) is 0 Å². The van der Waals surface area contributed by atoms with Gasteiger partial charge in [0.15, 0.2) is 0 Å². The first-order valence-electron chi connectivity index (χ1n) is 8.74. The summed E-state index contributed by atoms with van der Waals surface area (Å²) in [6.45, 7) is 0.906. The van der Waals surface area contributed by atoms with Crippen LogP contribution in [0.3, 0.4) is 0 Å². The Balaban J connectivity index is 1.35. The lowest BCUT2D eigenvalue weighted by atomic mass is 9.85. The van der Waals surface area contributed by atoms with Crippen LogP contribution in [0.2, 0.25) is 0 Å². The Labute approximate surface area is 141 Å². The quantitative estimate of drug-likeness (QED) is 0.739. The molecule has 3 N–H and O–H groups in total. The highest BCUT2D eigenvalue weighted by Crippen LogP contribution is 2.48. The van der Waals surface area contributed by atoms with Crippen molar-refractivity contribution in [3.8, 4) is 0 Å². The number of fused-ring (bicyclic) bond motifs is 2. The molecule has 0 radical (unpaired) electrons. The number of hydrogen-bond donors (Lipinski definition) is 3. The van der Waals surface area contributed by atoms with Crippen molar-refractivity contribution in [2.45, 2.75) is 31.7 Å². The van der Waals surface area contributed by atoms with Gasteiger partial charge < -0.3 is 20.6 Å². The van der Waals surface area contributed by atoms with Gasteiger partial charge in [-0.2, -0.15) is 0 Å². The van der Waals surface area contributed by atoms with Crippen molar-refractivity contribution >= 4 is 23.3 Å². The van der Waals surface area contributed by atoms with E-state index < -0.39 is 0 Å². The highest BCUT2D eigenvalue weighted by Gasteiger charge is 2.47. The Hall–Kier alpha value is -2.08. The molecule has 2 bridgehead atoms. The maximum atomic E-state index is 12.3. The number of urea groups is 1. The molecule has 1 aromatic rings. The number of nitrogens with zero attached hydrogens (tertiary/aromatic N) is 1. The minimum Gasteiger partial charge on any atom is -0.396 e. The fourth-order valence-corrected chi connectivity index (χ4v) is 4.53. The lowest BCUT2D eigenvalue weighted by molar-refractivity contribution is -0.122. The van der Waals surface area contributed by atoms with Crippen molar-refractivity contribution in [2.75, 3.05) is 23.4 Å². The van der Waals surface area contributed by atoms with Gasteiger partial charge >= 0.3 is 6.03 Å². The Morgan fingerprint density at radius 3 is 2.58 bits per heavy atom. The van der Waals surface area contributed by atoms with Gasteiger partial charge in [-0.05, 0) is 55.4 Å². The van der Waals surface area contributed by atoms with E-state index >= 15 is 0 Å². The second kappa shape index (κ2) is 6.09. The van der Waals surface area contributed by atoms with Crippen molar-refractivity contribution < 1.29 is 14.7 Å². The minimum atomic E-state index is -0.223. The number of benzene rings is 1. The standard InChI is InChI=1S/C18H23N3O3/c22-10-15-11-1-2-12(9-11)17(15)20-18(24)19-13-3-5-14(6-4-13)21-8-7-16(21)23/h3-6,11-12,15,17,22H,1-2,7-10H2,(H2,19,20,24). The lowest BCUT2D eigenvalue weighted by Gasteiger charge is -2.31. The lowest BCUT2D eigenvalue weighted by Crippen LogP contribution is -2.46. The van der Waals surface area contributed by atoms with E-state index in [4.69, 9.17) is 0 Å². The SMILES string of the molecule is O=C(Nc1ccc(N2CCC2=O)cc1)NC1C2CCC(C2)C1CO. The molecule has 3 fully saturated rings. The number of β-lactam (4-membered cyclic amide) rings is 1. The Bertz CT molecular complexity index is 645. The second-order valence-electron chi connectivity index (χ2n) is 7.15. The van der Waals surface area contributed by atoms with Crippen LogP contribution in [0.15, 0.2) is 24.3 Å². The van der Waals surface area contributed by atoms with Gasteiger partial charge in [0.1, 0.15) is 0 Å². The van der Waals surface area contributed by atoms with Crippen molar-refractivity contribution in [3.63, 3.8) is 0 Å². The molecule has 1 heterocycles. The molecule has 1 saturated heterocycles. The van der Waals surface area contributed by atoms with E-state index in [1.807, 2.05) is 24.3 Å². The molecular weight excluding hydrogens is 306 g/mol. The summed E-state index contributed by atoms with van der Waals surface area (Å²) in [6, 6.07) is 7.17. The Morgan fingerprint density at radius 2 is 1.96 bits per heavy atom. The molecule has 2 saturated carbocycles. The normalized spacial score (nSPS) is 31.0. The van der Waals surface area contributed by atoms with E-state index in [1.165, 1.54) is 6.42 Å². The zero-order valence-corrected chi connectivity index (χ0v) is 13.6. The van der Waals surface area contributed by atoms with Crippen LogP contribution in [-0.4, -0.2) is 36.2 Å². The van der Waals surface area contributed by atoms with Gasteiger partial charge in [-0.3, -0.25) is 4.79 Å². The zero-order chi connectivity index (χ0) is 16.7. The van der Waals surface area contributed by atoms with E-state index in [2.05, 4.69) is 10.6 Å². The van der Waals surface area contributed by atoms with Crippen LogP contribution in [0.4, 0.5) is 16.2 Å². The number of aliphatic hydroxyl groups is 1. The van der Waals surface area contributed by atoms with Gasteiger partial charge in [-0.25, -0.2) is 4.79 Å². The fourth-order valence-electron chi connectivity index (χ4n) is 4.53. The van der Waals surface area contributed by atoms with E-state index in [0.29, 0.717) is 23.9 Å². The highest BCUT2D eigenvalue weighted by molar-refractivity contribution is 5.99. The van der Waals surface area contributed by atoms with Gasteiger partial charge in [0.05, 0.1) is 0 Å². The number of nitrogens with one attached hydrogen (secondary N) is 2. The molecule has 4 atom stereocenters. The Morgan fingerprint density at radius 1 is 1.21 bits per heavy atom. The topological polar surface area (TPSA) is 81.7 Å². The molecule has 0 aromatic heterocycles. The number of carbonyl (C=O) groups excluding carboxylic acids is 2. The predicted molar refractivity (Wildman–Crippen MR) is 90.8 cm³/mol. The van der Waals surface area contributed by atoms with Crippen LogP contribution < -0.4 is 15.5 Å². The van der Waals surface area contributed by atoms with Gasteiger partial charge in [0.2, 0.25) is 5.91 Å². The summed E-state index contributed by atoms with van der Waals surface area (Å²) in [7, 11) is 0. The third kappa shape index (κ3) is 2.65. The van der Waals surface area contributed by atoms with Gasteiger partial charge in [-0.1, -0.05) is 0 Å². The first kappa shape index (κ1) is 15.4. The summed E-state index contributed by atoms with van der Waals surface area (Å²) in [6.07, 6.45) is 4.05. The van der Waals surface area contributed by atoms with Crippen LogP contribution in [0.5, 0.6) is 0 Å². The molecular formula is C18H23N3O3. The molecule has 1 aliphatic heterocycles. The number of aliphatic hydroxyl groups excluding tert-OH is 1. The first-order chi connectivity index (χ1) is 11.7. The van der Waals surface area contributed by atoms with Gasteiger partial charge in [0.25, 0.3) is 0 Å². The van der Waals surface area contributed by atoms with Gasteiger partial charge in [0, 0.05) is 42.9 Å². The van der Waals surface area contributed by atoms with Crippen molar-refractivity contribution in [1.82, 2.24) is 5.32 Å². The molecule has 128 valence electrons. The molecule has 3 amide bonds. The average molecular weight is 329 g/mol. The highest BCUT2D eigenvalue weighted by atomic mass is 16.3. The predicted octanol–water partition coefficient (Wildman–Crippen LogP) is 1.95. The van der Waals surface area contributed by atoms with Crippen LogP contribution in [0.1, 0.15) is 25.7 Å². The number of amides is 3. The third-order valence-corrected chi connectivity index (χ3v) is 5.88. The number of anilines is 2. The van der Waals surface area contributed by atoms with Crippen molar-refractivity contribution in [1.29, 1.82) is 0 Å². The fraction of sp³-hybridized carbons (Fsp3) is 0.556. The van der Waals surface area contributed by atoms with E-state index in [9.17, 15) is 14.7 Å². The van der Waals surface area contributed by atoms with Crippen LogP contribution in [0, 0.1) is 17.8 Å². The molecule has 4 unspecified atom stereocenters. The molecule has 0 spiro atoms. The third-order valence-electron chi connectivity index (χ3n) is 5.88. The summed E-state index contributed by atoms with van der Waals surface area (Å²) in [5, 5.41) is 15.5. The molecule has 1 aromatic carbocycles. The second-order valence-corrected chi connectivity index (χ2v) is 7.15.